The van der Waals surface area contributed by atoms with Gasteiger partial charge < -0.3 is 0 Å². The van der Waals surface area contributed by atoms with Crippen LogP contribution in [0.5, 0.6) is 0 Å². The quantitative estimate of drug-likeness (QED) is 0.777. The standard InChI is InChI=1S/C15H16N4O2S/c1-9-4-6-12(7-5-9)22(20,21)19-15-13-10(2)8-11(3)16-14(13)17-18-15/h4-8H,1-3H3,(H2,16,17,18,19). The van der Waals surface area contributed by atoms with Crippen molar-refractivity contribution < 1.29 is 8.42 Å². The molecule has 0 spiro atoms. The number of sulfonamides is 1. The minimum atomic E-state index is -3.68. The van der Waals surface area contributed by atoms with Gasteiger partial charge in [0.25, 0.3) is 10.0 Å². The summed E-state index contributed by atoms with van der Waals surface area (Å²) in [5, 5.41) is 7.49. The fraction of sp³-hybridized carbons (Fsp3) is 0.200. The van der Waals surface area contributed by atoms with Gasteiger partial charge in [0.05, 0.1) is 10.3 Å². The molecule has 3 rings (SSSR count). The van der Waals surface area contributed by atoms with E-state index in [-0.39, 0.29) is 10.7 Å². The molecule has 0 atom stereocenters. The number of aryl methyl sites for hydroxylation is 3. The molecule has 0 bridgehead atoms. The highest BCUT2D eigenvalue weighted by Crippen LogP contribution is 2.25. The minimum Gasteiger partial charge on any atom is -0.261 e. The largest absolute Gasteiger partial charge is 0.263 e. The Labute approximate surface area is 128 Å². The number of nitrogens with zero attached hydrogens (tertiary/aromatic N) is 2. The maximum Gasteiger partial charge on any atom is 0.263 e. The number of benzene rings is 1. The van der Waals surface area contributed by atoms with Crippen LogP contribution in [-0.2, 0) is 10.0 Å². The lowest BCUT2D eigenvalue weighted by atomic mass is 10.2. The molecule has 0 fully saturated rings. The first-order chi connectivity index (χ1) is 10.4. The van der Waals surface area contributed by atoms with Crippen molar-refractivity contribution in [1.82, 2.24) is 15.2 Å². The zero-order chi connectivity index (χ0) is 15.9. The van der Waals surface area contributed by atoms with Crippen LogP contribution in [0.1, 0.15) is 16.8 Å². The topological polar surface area (TPSA) is 87.7 Å². The Hall–Kier alpha value is -2.41. The van der Waals surface area contributed by atoms with Crippen LogP contribution in [0, 0.1) is 20.8 Å². The molecule has 7 heteroatoms. The molecule has 0 aliphatic heterocycles. The molecule has 6 nitrogen and oxygen atoms in total. The minimum absolute atomic E-state index is 0.201. The average molecular weight is 316 g/mol. The fourth-order valence-corrected chi connectivity index (χ4v) is 3.37. The number of anilines is 1. The number of nitrogens with one attached hydrogen (secondary N) is 2. The lowest BCUT2D eigenvalue weighted by Crippen LogP contribution is -2.13. The molecule has 0 aliphatic rings. The van der Waals surface area contributed by atoms with Gasteiger partial charge in [0.15, 0.2) is 11.5 Å². The van der Waals surface area contributed by atoms with E-state index in [0.717, 1.165) is 16.8 Å². The number of fused-ring (bicyclic) bond motifs is 1. The van der Waals surface area contributed by atoms with Gasteiger partial charge in [0.1, 0.15) is 0 Å². The Bertz CT molecular complexity index is 944. The molecule has 3 aromatic rings. The predicted octanol–water partition coefficient (Wildman–Crippen LogP) is 2.68. The van der Waals surface area contributed by atoms with Gasteiger partial charge in [-0.15, -0.1) is 0 Å². The smallest absolute Gasteiger partial charge is 0.261 e. The van der Waals surface area contributed by atoms with Crippen LogP contribution in [-0.4, -0.2) is 23.6 Å². The van der Waals surface area contributed by atoms with Gasteiger partial charge >= 0.3 is 0 Å². The van der Waals surface area contributed by atoms with Crippen LogP contribution in [0.2, 0.25) is 0 Å². The average Bonchev–Trinajstić information content (AvgIpc) is 2.81. The van der Waals surface area contributed by atoms with Crippen molar-refractivity contribution in [2.45, 2.75) is 25.7 Å². The van der Waals surface area contributed by atoms with Crippen LogP contribution in [0.15, 0.2) is 35.2 Å². The normalized spacial score (nSPS) is 11.8. The summed E-state index contributed by atoms with van der Waals surface area (Å²) in [6, 6.07) is 8.55. The molecule has 2 heterocycles. The summed E-state index contributed by atoms with van der Waals surface area (Å²) in [4.78, 5) is 4.52. The van der Waals surface area contributed by atoms with E-state index in [4.69, 9.17) is 0 Å². The van der Waals surface area contributed by atoms with Crippen molar-refractivity contribution in [1.29, 1.82) is 0 Å². The lowest BCUT2D eigenvalue weighted by molar-refractivity contribution is 0.601. The molecule has 0 amide bonds. The number of hydrogen-bond donors (Lipinski definition) is 2. The summed E-state index contributed by atoms with van der Waals surface area (Å²) in [6.07, 6.45) is 0. The van der Waals surface area contributed by atoms with Gasteiger partial charge in [-0.25, -0.2) is 13.4 Å². The molecule has 0 saturated heterocycles. The van der Waals surface area contributed by atoms with E-state index in [0.29, 0.717) is 11.0 Å². The molecule has 2 N–H and O–H groups in total. The molecular weight excluding hydrogens is 300 g/mol. The van der Waals surface area contributed by atoms with Gasteiger partial charge in [-0.1, -0.05) is 17.7 Å². The van der Waals surface area contributed by atoms with Crippen LogP contribution >= 0.6 is 0 Å². The maximum atomic E-state index is 12.4. The van der Waals surface area contributed by atoms with E-state index in [1.807, 2.05) is 26.8 Å². The number of pyridine rings is 1. The predicted molar refractivity (Wildman–Crippen MR) is 85.4 cm³/mol. The number of H-pyrrole nitrogens is 1. The number of aromatic nitrogens is 3. The first-order valence-electron chi connectivity index (χ1n) is 6.78. The van der Waals surface area contributed by atoms with Crippen molar-refractivity contribution >= 4 is 26.9 Å². The van der Waals surface area contributed by atoms with E-state index >= 15 is 0 Å². The summed E-state index contributed by atoms with van der Waals surface area (Å²) in [6.45, 7) is 5.68. The van der Waals surface area contributed by atoms with E-state index in [9.17, 15) is 8.42 Å². The van der Waals surface area contributed by atoms with Gasteiger partial charge in [-0.3, -0.25) is 9.82 Å². The third kappa shape index (κ3) is 2.55. The molecule has 0 radical (unpaired) electrons. The number of aromatic amines is 1. The monoisotopic (exact) mass is 316 g/mol. The second-order valence-electron chi connectivity index (χ2n) is 5.29. The van der Waals surface area contributed by atoms with Crippen molar-refractivity contribution in [3.63, 3.8) is 0 Å². The Kier molecular flexibility index (Phi) is 3.37. The molecule has 22 heavy (non-hydrogen) atoms. The van der Waals surface area contributed by atoms with Gasteiger partial charge in [-0.2, -0.15) is 5.10 Å². The Morgan fingerprint density at radius 3 is 2.45 bits per heavy atom. The zero-order valence-electron chi connectivity index (χ0n) is 12.5. The molecule has 0 aliphatic carbocycles. The lowest BCUT2D eigenvalue weighted by Gasteiger charge is -2.07. The van der Waals surface area contributed by atoms with Crippen molar-refractivity contribution in [2.24, 2.45) is 0 Å². The molecule has 1 aromatic carbocycles. The summed E-state index contributed by atoms with van der Waals surface area (Å²) >= 11 is 0. The van der Waals surface area contributed by atoms with Gasteiger partial charge in [-0.05, 0) is 44.5 Å². The highest BCUT2D eigenvalue weighted by Gasteiger charge is 2.18. The fourth-order valence-electron chi connectivity index (χ4n) is 2.36. The summed E-state index contributed by atoms with van der Waals surface area (Å²) in [5.74, 6) is 0.264. The highest BCUT2D eigenvalue weighted by atomic mass is 32.2. The molecular formula is C15H16N4O2S. The van der Waals surface area contributed by atoms with Crippen molar-refractivity contribution in [3.05, 3.63) is 47.2 Å². The van der Waals surface area contributed by atoms with Crippen LogP contribution in [0.3, 0.4) is 0 Å². The molecule has 114 valence electrons. The first-order valence-corrected chi connectivity index (χ1v) is 8.27. The number of hydrogen-bond acceptors (Lipinski definition) is 4. The van der Waals surface area contributed by atoms with Gasteiger partial charge in [0, 0.05) is 5.69 Å². The summed E-state index contributed by atoms with van der Waals surface area (Å²) in [5.41, 5.74) is 3.33. The second-order valence-corrected chi connectivity index (χ2v) is 6.98. The third-order valence-corrected chi connectivity index (χ3v) is 4.77. The van der Waals surface area contributed by atoms with Crippen LogP contribution in [0.4, 0.5) is 5.82 Å². The van der Waals surface area contributed by atoms with E-state index in [2.05, 4.69) is 19.9 Å². The van der Waals surface area contributed by atoms with E-state index in [1.54, 1.807) is 24.3 Å². The Morgan fingerprint density at radius 2 is 1.77 bits per heavy atom. The van der Waals surface area contributed by atoms with Gasteiger partial charge in [0.2, 0.25) is 0 Å². The second kappa shape index (κ2) is 5.10. The van der Waals surface area contributed by atoms with Crippen LogP contribution < -0.4 is 4.72 Å². The van der Waals surface area contributed by atoms with E-state index in [1.165, 1.54) is 0 Å². The first kappa shape index (κ1) is 14.5. The van der Waals surface area contributed by atoms with Crippen LogP contribution in [0.25, 0.3) is 11.0 Å². The highest BCUT2D eigenvalue weighted by molar-refractivity contribution is 7.92. The van der Waals surface area contributed by atoms with Crippen molar-refractivity contribution in [2.75, 3.05) is 4.72 Å². The maximum absolute atomic E-state index is 12.4. The molecule has 0 saturated carbocycles. The molecule has 2 aromatic heterocycles. The summed E-state index contributed by atoms with van der Waals surface area (Å²) < 4.78 is 27.4. The Balaban J connectivity index is 2.04. The molecule has 0 unspecified atom stereocenters. The van der Waals surface area contributed by atoms with Crippen molar-refractivity contribution in [3.8, 4) is 0 Å². The third-order valence-electron chi connectivity index (χ3n) is 3.42. The number of rotatable bonds is 3. The Morgan fingerprint density at radius 1 is 1.09 bits per heavy atom. The van der Waals surface area contributed by atoms with E-state index < -0.39 is 10.0 Å². The SMILES string of the molecule is Cc1ccc(S(=O)(=O)Nc2n[nH]c3nc(C)cc(C)c23)cc1. The zero-order valence-corrected chi connectivity index (χ0v) is 13.3. The summed E-state index contributed by atoms with van der Waals surface area (Å²) in [7, 11) is -3.68.